The molecule has 7 rings (SSSR count). The van der Waals surface area contributed by atoms with E-state index in [9.17, 15) is 0 Å². The minimum absolute atomic E-state index is 0.448. The maximum Gasteiger partial charge on any atom is 0.131 e. The molecule has 5 aromatic carbocycles. The van der Waals surface area contributed by atoms with Crippen LogP contribution in [0.15, 0.2) is 125 Å². The van der Waals surface area contributed by atoms with Crippen LogP contribution in [-0.4, -0.2) is 54.8 Å². The van der Waals surface area contributed by atoms with Gasteiger partial charge in [0.15, 0.2) is 0 Å². The number of piperazine rings is 1. The van der Waals surface area contributed by atoms with Gasteiger partial charge >= 0.3 is 0 Å². The van der Waals surface area contributed by atoms with Crippen molar-refractivity contribution in [3.8, 4) is 0 Å². The molecule has 260 valence electrons. The first-order valence-corrected chi connectivity index (χ1v) is 18.4. The van der Waals surface area contributed by atoms with E-state index in [2.05, 4.69) is 85.8 Å². The lowest BCUT2D eigenvalue weighted by atomic mass is 9.89. The summed E-state index contributed by atoms with van der Waals surface area (Å²) in [4.78, 5) is 14.2. The maximum atomic E-state index is 6.36. The second-order valence-electron chi connectivity index (χ2n) is 13.4. The van der Waals surface area contributed by atoms with E-state index in [1.807, 2.05) is 48.6 Å². The number of hydrogen-bond donors (Lipinski definition) is 3. The van der Waals surface area contributed by atoms with Crippen LogP contribution in [0.4, 0.5) is 22.7 Å². The molecule has 0 radical (unpaired) electrons. The van der Waals surface area contributed by atoms with E-state index in [1.54, 1.807) is 12.1 Å². The Labute approximate surface area is 310 Å². The molecule has 1 aliphatic heterocycles. The molecule has 0 bridgehead atoms. The van der Waals surface area contributed by atoms with Gasteiger partial charge in [-0.05, 0) is 127 Å². The third-order valence-corrected chi connectivity index (χ3v) is 10.4. The second-order valence-corrected chi connectivity index (χ2v) is 14.2. The van der Waals surface area contributed by atoms with Crippen LogP contribution in [0.1, 0.15) is 36.8 Å². The fourth-order valence-electron chi connectivity index (χ4n) is 7.09. The number of fused-ring (bicyclic) bond motifs is 1. The highest BCUT2D eigenvalue weighted by Crippen LogP contribution is 2.29. The molecule has 1 saturated carbocycles. The van der Waals surface area contributed by atoms with Crippen molar-refractivity contribution in [1.29, 1.82) is 0 Å². The minimum atomic E-state index is 0.448. The summed E-state index contributed by atoms with van der Waals surface area (Å²) in [5.41, 5.74) is 18.4. The van der Waals surface area contributed by atoms with E-state index in [-0.39, 0.29) is 0 Å². The Morgan fingerprint density at radius 3 is 2.06 bits per heavy atom. The normalized spacial score (nSPS) is 19.1. The van der Waals surface area contributed by atoms with Gasteiger partial charge in [-0.3, -0.25) is 4.90 Å². The lowest BCUT2D eigenvalue weighted by Gasteiger charge is -2.43. The van der Waals surface area contributed by atoms with Gasteiger partial charge in [0.1, 0.15) is 11.7 Å². The van der Waals surface area contributed by atoms with Crippen molar-refractivity contribution in [2.75, 3.05) is 36.4 Å². The molecule has 5 N–H and O–H groups in total. The van der Waals surface area contributed by atoms with Crippen LogP contribution < -0.4 is 21.7 Å². The molecule has 1 saturated heterocycles. The fraction of sp³-hybridized carbons (Fsp3) is 0.238. The average Bonchev–Trinajstić information content (AvgIpc) is 3.16. The van der Waals surface area contributed by atoms with Crippen LogP contribution in [0, 0.1) is 0 Å². The van der Waals surface area contributed by atoms with Crippen molar-refractivity contribution >= 4 is 74.5 Å². The van der Waals surface area contributed by atoms with Crippen molar-refractivity contribution < 1.29 is 0 Å². The van der Waals surface area contributed by atoms with E-state index < -0.39 is 0 Å². The summed E-state index contributed by atoms with van der Waals surface area (Å²) in [5.74, 6) is 0.938. The third-order valence-electron chi connectivity index (χ3n) is 9.85. The van der Waals surface area contributed by atoms with E-state index >= 15 is 0 Å². The van der Waals surface area contributed by atoms with Gasteiger partial charge in [0.25, 0.3) is 0 Å². The summed E-state index contributed by atoms with van der Waals surface area (Å²) in [6, 6.07) is 37.3. The molecular weight excluding hydrogens is 673 g/mol. The summed E-state index contributed by atoms with van der Waals surface area (Å²) in [5, 5.41) is 7.53. The lowest BCUT2D eigenvalue weighted by Crippen LogP contribution is -2.52. The number of nitrogens with zero attached hydrogens (tertiary/aromatic N) is 4. The quantitative estimate of drug-likeness (QED) is 0.104. The Balaban J connectivity index is 0.901. The largest absolute Gasteiger partial charge is 0.384 e. The van der Waals surface area contributed by atoms with Crippen molar-refractivity contribution in [3.63, 3.8) is 0 Å². The Kier molecular flexibility index (Phi) is 10.9. The highest BCUT2D eigenvalue weighted by molar-refractivity contribution is 6.30. The van der Waals surface area contributed by atoms with E-state index in [0.29, 0.717) is 33.8 Å². The van der Waals surface area contributed by atoms with E-state index in [4.69, 9.17) is 34.7 Å². The van der Waals surface area contributed by atoms with Crippen LogP contribution in [0.2, 0.25) is 10.0 Å². The number of anilines is 2. The van der Waals surface area contributed by atoms with Gasteiger partial charge in [-0.1, -0.05) is 59.6 Å². The third kappa shape index (κ3) is 9.11. The van der Waals surface area contributed by atoms with Crippen LogP contribution in [0.5, 0.6) is 0 Å². The molecule has 0 spiro atoms. The molecule has 2 unspecified atom stereocenters. The van der Waals surface area contributed by atoms with Crippen molar-refractivity contribution in [2.45, 2.75) is 37.8 Å². The maximum absolute atomic E-state index is 6.36. The molecule has 9 heteroatoms. The molecule has 5 aromatic rings. The zero-order valence-corrected chi connectivity index (χ0v) is 30.1. The number of rotatable bonds is 9. The highest BCUT2D eigenvalue weighted by atomic mass is 35.5. The van der Waals surface area contributed by atoms with Crippen LogP contribution >= 0.6 is 23.2 Å². The van der Waals surface area contributed by atoms with Gasteiger partial charge in [-0.15, -0.1) is 0 Å². The Morgan fingerprint density at radius 2 is 1.35 bits per heavy atom. The van der Waals surface area contributed by atoms with Crippen LogP contribution in [-0.2, 0) is 0 Å². The SMILES string of the molecule is NC(/C=C/c1ccc(NC2CCCC(N3CCN(c4ccc5cc(C(N)=Nc6ccc(Cl)cc6)ccc5c4)CC3)C2)cc1)=Nc1ccc(Cl)cc1. The zero-order valence-electron chi connectivity index (χ0n) is 28.6. The molecule has 7 nitrogen and oxygen atoms in total. The number of amidine groups is 2. The van der Waals surface area contributed by atoms with Gasteiger partial charge in [0.2, 0.25) is 0 Å². The molecule has 0 aromatic heterocycles. The summed E-state index contributed by atoms with van der Waals surface area (Å²) in [7, 11) is 0. The molecular formula is C42H43Cl2N7. The monoisotopic (exact) mass is 715 g/mol. The van der Waals surface area contributed by atoms with Gasteiger partial charge in [0.05, 0.1) is 11.4 Å². The second kappa shape index (κ2) is 16.0. The topological polar surface area (TPSA) is 95.3 Å². The molecule has 1 heterocycles. The molecule has 2 atom stereocenters. The Hall–Kier alpha value is -4.82. The number of aliphatic imine (C=N–C) groups is 2. The number of halogens is 2. The van der Waals surface area contributed by atoms with Crippen LogP contribution in [0.25, 0.3) is 16.8 Å². The summed E-state index contributed by atoms with van der Waals surface area (Å²) >= 11 is 12.0. The molecule has 2 fully saturated rings. The standard InChI is InChI=1S/C42H43Cl2N7/c43-33-10-16-36(17-11-33)48-41(45)21-6-29-4-14-35(15-5-29)47-38-2-1-3-39(28-38)50-22-24-51(25-23-50)40-20-9-30-26-32(8-7-31(30)27-40)42(46)49-37-18-12-34(44)13-19-37/h4-21,26-27,38-39,47H,1-3,22-25,28H2,(H2,45,48)(H2,46,49)/b21-6+. The van der Waals surface area contributed by atoms with E-state index in [1.165, 1.54) is 36.8 Å². The smallest absolute Gasteiger partial charge is 0.131 e. The Bertz CT molecular complexity index is 2030. The molecule has 1 aliphatic carbocycles. The summed E-state index contributed by atoms with van der Waals surface area (Å²) in [6.45, 7) is 4.22. The fourth-order valence-corrected chi connectivity index (χ4v) is 7.34. The van der Waals surface area contributed by atoms with Crippen molar-refractivity contribution in [3.05, 3.63) is 136 Å². The van der Waals surface area contributed by atoms with Crippen LogP contribution in [0.3, 0.4) is 0 Å². The first kappa shape index (κ1) is 34.6. The number of nitrogens with two attached hydrogens (primary N) is 2. The first-order valence-electron chi connectivity index (χ1n) is 17.6. The van der Waals surface area contributed by atoms with Crippen molar-refractivity contribution in [2.24, 2.45) is 21.5 Å². The average molecular weight is 717 g/mol. The predicted octanol–water partition coefficient (Wildman–Crippen LogP) is 9.43. The van der Waals surface area contributed by atoms with E-state index in [0.717, 1.165) is 59.8 Å². The van der Waals surface area contributed by atoms with Gasteiger partial charge < -0.3 is 21.7 Å². The summed E-state index contributed by atoms with van der Waals surface area (Å²) < 4.78 is 0. The lowest BCUT2D eigenvalue weighted by molar-refractivity contribution is 0.143. The molecule has 51 heavy (non-hydrogen) atoms. The highest BCUT2D eigenvalue weighted by Gasteiger charge is 2.29. The Morgan fingerprint density at radius 1 is 0.706 bits per heavy atom. The summed E-state index contributed by atoms with van der Waals surface area (Å²) in [6.07, 6.45) is 8.70. The molecule has 0 amide bonds. The van der Waals surface area contributed by atoms with Gasteiger partial charge in [-0.25, -0.2) is 9.98 Å². The van der Waals surface area contributed by atoms with Gasteiger partial charge in [0, 0.05) is 65.2 Å². The predicted molar refractivity (Wildman–Crippen MR) is 217 cm³/mol. The number of hydrogen-bond acceptors (Lipinski definition) is 5. The zero-order chi connectivity index (χ0) is 35.2. The minimum Gasteiger partial charge on any atom is -0.384 e. The number of benzene rings is 5. The van der Waals surface area contributed by atoms with Gasteiger partial charge in [-0.2, -0.15) is 0 Å². The van der Waals surface area contributed by atoms with Crippen molar-refractivity contribution in [1.82, 2.24) is 4.90 Å². The molecule has 2 aliphatic rings. The first-order chi connectivity index (χ1) is 24.8. The number of nitrogens with one attached hydrogen (secondary N) is 1.